The van der Waals surface area contributed by atoms with Gasteiger partial charge in [0.05, 0.1) is 5.56 Å². The number of halogens is 4. The van der Waals surface area contributed by atoms with Gasteiger partial charge in [-0.2, -0.15) is 13.2 Å². The van der Waals surface area contributed by atoms with Crippen LogP contribution in [0.1, 0.15) is 15.2 Å². The summed E-state index contributed by atoms with van der Waals surface area (Å²) in [6.07, 6.45) is -4.48. The number of hydrogen-bond donors (Lipinski definition) is 1. The molecule has 2 aromatic carbocycles. The second kappa shape index (κ2) is 6.81. The monoisotopic (exact) mass is 383 g/mol. The minimum atomic E-state index is -4.48. The number of benzene rings is 2. The summed E-state index contributed by atoms with van der Waals surface area (Å²) in [6, 6.07) is 11.1. The summed E-state index contributed by atoms with van der Waals surface area (Å²) >= 11 is 6.69. The molecule has 1 heterocycles. The number of hydrogen-bond acceptors (Lipinski definition) is 4. The molecule has 25 heavy (non-hydrogen) atoms. The average Bonchev–Trinajstić information content (AvgIpc) is 3.05. The van der Waals surface area contributed by atoms with Crippen molar-refractivity contribution in [3.8, 4) is 11.3 Å². The molecular formula is C16H9ClF3N3OS. The Bertz CT molecular complexity index is 909. The Hall–Kier alpha value is -2.45. The third kappa shape index (κ3) is 3.97. The van der Waals surface area contributed by atoms with E-state index in [1.54, 1.807) is 24.3 Å². The van der Waals surface area contributed by atoms with E-state index in [9.17, 15) is 18.0 Å². The number of rotatable bonds is 3. The zero-order valence-electron chi connectivity index (χ0n) is 12.3. The third-order valence-corrected chi connectivity index (χ3v) is 4.24. The van der Waals surface area contributed by atoms with Gasteiger partial charge in [0.15, 0.2) is 0 Å². The highest BCUT2D eigenvalue weighted by atomic mass is 35.5. The maximum atomic E-state index is 12.8. The van der Waals surface area contributed by atoms with Gasteiger partial charge in [-0.3, -0.25) is 4.79 Å². The number of nitrogens with one attached hydrogen (secondary N) is 1. The number of amides is 1. The van der Waals surface area contributed by atoms with Crippen LogP contribution in [0.25, 0.3) is 11.3 Å². The van der Waals surface area contributed by atoms with Crippen molar-refractivity contribution in [1.82, 2.24) is 9.59 Å². The van der Waals surface area contributed by atoms with Crippen LogP contribution in [0.15, 0.2) is 48.5 Å². The maximum absolute atomic E-state index is 12.8. The Kier molecular flexibility index (Phi) is 4.73. The lowest BCUT2D eigenvalue weighted by Crippen LogP contribution is -2.13. The first kappa shape index (κ1) is 17.4. The van der Waals surface area contributed by atoms with E-state index >= 15 is 0 Å². The Morgan fingerprint density at radius 1 is 1.12 bits per heavy atom. The van der Waals surface area contributed by atoms with Gasteiger partial charge >= 0.3 is 6.18 Å². The van der Waals surface area contributed by atoms with Crippen LogP contribution < -0.4 is 5.32 Å². The summed E-state index contributed by atoms with van der Waals surface area (Å²) in [7, 11) is 0. The lowest BCUT2D eigenvalue weighted by molar-refractivity contribution is -0.137. The van der Waals surface area contributed by atoms with E-state index in [1.165, 1.54) is 12.1 Å². The number of nitrogens with zero attached hydrogens (tertiary/aromatic N) is 2. The van der Waals surface area contributed by atoms with E-state index in [0.717, 1.165) is 23.7 Å². The van der Waals surface area contributed by atoms with Gasteiger partial charge < -0.3 is 5.32 Å². The molecule has 3 aromatic rings. The molecule has 1 amide bonds. The van der Waals surface area contributed by atoms with E-state index in [4.69, 9.17) is 11.6 Å². The van der Waals surface area contributed by atoms with Crippen LogP contribution in [0.2, 0.25) is 5.02 Å². The van der Waals surface area contributed by atoms with Crippen LogP contribution in [-0.2, 0) is 6.18 Å². The largest absolute Gasteiger partial charge is 0.416 e. The van der Waals surface area contributed by atoms with Crippen molar-refractivity contribution in [2.45, 2.75) is 6.18 Å². The van der Waals surface area contributed by atoms with Crippen molar-refractivity contribution < 1.29 is 18.0 Å². The van der Waals surface area contributed by atoms with Crippen LogP contribution in [0.3, 0.4) is 0 Å². The number of alkyl halides is 3. The third-order valence-electron chi connectivity index (χ3n) is 3.26. The lowest BCUT2D eigenvalue weighted by Gasteiger charge is -2.09. The van der Waals surface area contributed by atoms with Crippen LogP contribution in [0.4, 0.5) is 18.9 Å². The summed E-state index contributed by atoms with van der Waals surface area (Å²) < 4.78 is 42.0. The molecule has 0 atom stereocenters. The summed E-state index contributed by atoms with van der Waals surface area (Å²) in [5.74, 6) is -0.584. The van der Waals surface area contributed by atoms with Crippen molar-refractivity contribution in [3.05, 3.63) is 64.0 Å². The Balaban J connectivity index is 1.86. The molecule has 0 spiro atoms. The topological polar surface area (TPSA) is 54.9 Å². The fourth-order valence-corrected chi connectivity index (χ4v) is 2.81. The van der Waals surface area contributed by atoms with Gasteiger partial charge in [-0.1, -0.05) is 34.3 Å². The normalized spacial score (nSPS) is 11.4. The number of carbonyl (C=O) groups is 1. The Morgan fingerprint density at radius 2 is 1.84 bits per heavy atom. The molecule has 1 aromatic heterocycles. The number of anilines is 1. The molecule has 0 aliphatic carbocycles. The lowest BCUT2D eigenvalue weighted by atomic mass is 10.1. The average molecular weight is 384 g/mol. The van der Waals surface area contributed by atoms with Gasteiger partial charge in [0, 0.05) is 16.3 Å². The highest BCUT2D eigenvalue weighted by Crippen LogP contribution is 2.31. The second-order valence-corrected chi connectivity index (χ2v) is 6.18. The minimum absolute atomic E-state index is 0.0373. The zero-order chi connectivity index (χ0) is 18.0. The van der Waals surface area contributed by atoms with Gasteiger partial charge in [-0.05, 0) is 41.9 Å². The minimum Gasteiger partial charge on any atom is -0.321 e. The maximum Gasteiger partial charge on any atom is 0.416 e. The fourth-order valence-electron chi connectivity index (χ4n) is 2.10. The summed E-state index contributed by atoms with van der Waals surface area (Å²) in [4.78, 5) is 12.6. The molecule has 3 rings (SSSR count). The fraction of sp³-hybridized carbons (Fsp3) is 0.0625. The van der Waals surface area contributed by atoms with Crippen molar-refractivity contribution in [1.29, 1.82) is 0 Å². The predicted octanol–water partition coefficient (Wildman–Crippen LogP) is 5.13. The van der Waals surface area contributed by atoms with E-state index in [0.29, 0.717) is 16.3 Å². The predicted molar refractivity (Wildman–Crippen MR) is 89.8 cm³/mol. The van der Waals surface area contributed by atoms with Crippen LogP contribution in [-0.4, -0.2) is 15.5 Å². The van der Waals surface area contributed by atoms with E-state index in [1.807, 2.05) is 0 Å². The molecule has 0 saturated carbocycles. The quantitative estimate of drug-likeness (QED) is 0.682. The standard InChI is InChI=1S/C16H9ClF3N3OS/c17-11-6-4-9(5-7-11)13-14(25-23-22-13)15(24)21-12-3-1-2-10(8-12)16(18,19)20/h1-8H,(H,21,24). The summed E-state index contributed by atoms with van der Waals surface area (Å²) in [6.45, 7) is 0. The summed E-state index contributed by atoms with van der Waals surface area (Å²) in [5, 5.41) is 6.89. The molecule has 0 unspecified atom stereocenters. The highest BCUT2D eigenvalue weighted by molar-refractivity contribution is 7.08. The molecular weight excluding hydrogens is 375 g/mol. The molecule has 128 valence electrons. The van der Waals surface area contributed by atoms with E-state index < -0.39 is 17.6 Å². The van der Waals surface area contributed by atoms with Gasteiger partial charge in [0.25, 0.3) is 5.91 Å². The number of aromatic nitrogens is 2. The first-order valence-corrected chi connectivity index (χ1v) is 8.06. The van der Waals surface area contributed by atoms with Crippen molar-refractivity contribution in [3.63, 3.8) is 0 Å². The molecule has 9 heteroatoms. The van der Waals surface area contributed by atoms with Gasteiger partial charge in [-0.25, -0.2) is 0 Å². The van der Waals surface area contributed by atoms with Crippen molar-refractivity contribution >= 4 is 34.7 Å². The molecule has 0 fully saturated rings. The molecule has 0 aliphatic rings. The highest BCUT2D eigenvalue weighted by Gasteiger charge is 2.30. The van der Waals surface area contributed by atoms with Gasteiger partial charge in [0.2, 0.25) is 0 Å². The second-order valence-electron chi connectivity index (χ2n) is 4.99. The molecule has 1 N–H and O–H groups in total. The van der Waals surface area contributed by atoms with Gasteiger partial charge in [0.1, 0.15) is 10.6 Å². The Morgan fingerprint density at radius 3 is 2.52 bits per heavy atom. The van der Waals surface area contributed by atoms with E-state index in [-0.39, 0.29) is 10.6 Å². The number of carbonyl (C=O) groups excluding carboxylic acids is 1. The molecule has 0 bridgehead atoms. The zero-order valence-corrected chi connectivity index (χ0v) is 13.9. The molecule has 0 radical (unpaired) electrons. The molecule has 4 nitrogen and oxygen atoms in total. The SMILES string of the molecule is O=C(Nc1cccc(C(F)(F)F)c1)c1snnc1-c1ccc(Cl)cc1. The van der Waals surface area contributed by atoms with Crippen molar-refractivity contribution in [2.75, 3.05) is 5.32 Å². The van der Waals surface area contributed by atoms with Crippen LogP contribution >= 0.6 is 23.1 Å². The first-order valence-electron chi connectivity index (χ1n) is 6.91. The summed E-state index contributed by atoms with van der Waals surface area (Å²) in [5.41, 5.74) is 0.166. The van der Waals surface area contributed by atoms with Crippen LogP contribution in [0, 0.1) is 0 Å². The van der Waals surface area contributed by atoms with Crippen molar-refractivity contribution in [2.24, 2.45) is 0 Å². The van der Waals surface area contributed by atoms with Gasteiger partial charge in [-0.15, -0.1) is 5.10 Å². The molecule has 0 aliphatic heterocycles. The molecule has 0 saturated heterocycles. The smallest absolute Gasteiger partial charge is 0.321 e. The first-order chi connectivity index (χ1) is 11.8. The Labute approximate surface area is 149 Å². The van der Waals surface area contributed by atoms with Crippen LogP contribution in [0.5, 0.6) is 0 Å². The van der Waals surface area contributed by atoms with E-state index in [2.05, 4.69) is 14.9 Å².